The van der Waals surface area contributed by atoms with Crippen LogP contribution in [0.1, 0.15) is 17.5 Å². The minimum absolute atomic E-state index is 0.340. The lowest BCUT2D eigenvalue weighted by Crippen LogP contribution is -2.36. The van der Waals surface area contributed by atoms with Gasteiger partial charge in [-0.1, -0.05) is 127 Å². The zero-order valence-corrected chi connectivity index (χ0v) is 28.9. The van der Waals surface area contributed by atoms with Crippen LogP contribution in [-0.4, -0.2) is 48.7 Å². The Morgan fingerprint density at radius 3 is 2.21 bits per heavy atom. The van der Waals surface area contributed by atoms with E-state index in [1.54, 1.807) is 0 Å². The molecular weight excluding hydrogens is 649 g/mol. The van der Waals surface area contributed by atoms with Gasteiger partial charge in [-0.3, -0.25) is 0 Å². The van der Waals surface area contributed by atoms with E-state index in [-0.39, 0.29) is 0 Å². The highest BCUT2D eigenvalue weighted by atomic mass is 16.7. The molecule has 7 aromatic rings. The van der Waals surface area contributed by atoms with Crippen molar-refractivity contribution in [3.8, 4) is 33.9 Å². The molecule has 7 heteroatoms. The van der Waals surface area contributed by atoms with Gasteiger partial charge in [-0.15, -0.1) is 0 Å². The van der Waals surface area contributed by atoms with Gasteiger partial charge < -0.3 is 28.8 Å². The molecule has 0 aliphatic carbocycles. The van der Waals surface area contributed by atoms with Crippen LogP contribution < -0.4 is 14.4 Å². The lowest BCUT2D eigenvalue weighted by molar-refractivity contribution is 0.123. The number of carbonyl (C=O) groups is 1. The van der Waals surface area contributed by atoms with Crippen LogP contribution in [0.2, 0.25) is 0 Å². The number of anilines is 1. The van der Waals surface area contributed by atoms with Crippen molar-refractivity contribution in [2.24, 2.45) is 0 Å². The highest BCUT2D eigenvalue weighted by Crippen LogP contribution is 2.43. The minimum atomic E-state index is -1.34. The van der Waals surface area contributed by atoms with Crippen molar-refractivity contribution in [1.82, 2.24) is 4.57 Å². The summed E-state index contributed by atoms with van der Waals surface area (Å²) in [6, 6.07) is 47.6. The largest absolute Gasteiger partial charge is 0.512 e. The molecular formula is C45H40N2O5. The minimum Gasteiger partial charge on any atom is -0.493 e. The Labute approximate surface area is 303 Å². The van der Waals surface area contributed by atoms with Crippen molar-refractivity contribution in [2.75, 3.05) is 37.8 Å². The third-order valence-electron chi connectivity index (χ3n) is 9.87. The summed E-state index contributed by atoms with van der Waals surface area (Å²) in [5, 5.41) is 13.3. The topological polar surface area (TPSA) is 73.2 Å². The molecule has 260 valence electrons. The summed E-state index contributed by atoms with van der Waals surface area (Å²) >= 11 is 0. The van der Waals surface area contributed by atoms with Crippen molar-refractivity contribution in [2.45, 2.75) is 19.4 Å². The molecule has 2 heterocycles. The van der Waals surface area contributed by atoms with Crippen molar-refractivity contribution < 1.29 is 24.1 Å². The molecule has 0 unspecified atom stereocenters. The molecule has 1 fully saturated rings. The smallest absolute Gasteiger partial charge is 0.493 e. The van der Waals surface area contributed by atoms with Crippen molar-refractivity contribution in [3.05, 3.63) is 151 Å². The predicted molar refractivity (Wildman–Crippen MR) is 208 cm³/mol. The van der Waals surface area contributed by atoms with E-state index in [9.17, 15) is 9.90 Å². The fourth-order valence-electron chi connectivity index (χ4n) is 7.53. The van der Waals surface area contributed by atoms with Gasteiger partial charge in [0.25, 0.3) is 0 Å². The van der Waals surface area contributed by atoms with Crippen LogP contribution in [0.5, 0.6) is 11.6 Å². The number of aryl methyl sites for hydroxylation is 1. The predicted octanol–water partition coefficient (Wildman–Crippen LogP) is 10.1. The SMILES string of the molecule is O=C(O)Oc1c(CCCOc2cccc3ccccc23)c2cccc(-c3ccccc3N3CCOCC3)c2n1Cc1ccccc1-c1ccccc1. The molecule has 1 N–H and O–H groups in total. The summed E-state index contributed by atoms with van der Waals surface area (Å²) in [6.45, 7) is 3.82. The van der Waals surface area contributed by atoms with E-state index < -0.39 is 6.16 Å². The number of fused-ring (bicyclic) bond motifs is 2. The average molecular weight is 689 g/mol. The summed E-state index contributed by atoms with van der Waals surface area (Å²) in [7, 11) is 0. The van der Waals surface area contributed by atoms with Crippen molar-refractivity contribution >= 4 is 33.5 Å². The van der Waals surface area contributed by atoms with Crippen LogP contribution in [0, 0.1) is 0 Å². The van der Waals surface area contributed by atoms with E-state index >= 15 is 0 Å². The van der Waals surface area contributed by atoms with E-state index in [1.807, 2.05) is 54.6 Å². The molecule has 7 nitrogen and oxygen atoms in total. The number of nitrogens with zero attached hydrogens (tertiary/aromatic N) is 2. The Morgan fingerprint density at radius 1 is 0.692 bits per heavy atom. The maximum Gasteiger partial charge on any atom is 0.512 e. The van der Waals surface area contributed by atoms with Crippen molar-refractivity contribution in [1.29, 1.82) is 0 Å². The molecule has 0 atom stereocenters. The Bertz CT molecular complexity index is 2340. The highest BCUT2D eigenvalue weighted by Gasteiger charge is 2.26. The number of para-hydroxylation sites is 2. The summed E-state index contributed by atoms with van der Waals surface area (Å²) in [4.78, 5) is 14.8. The van der Waals surface area contributed by atoms with Gasteiger partial charge in [-0.05, 0) is 47.1 Å². The van der Waals surface area contributed by atoms with Gasteiger partial charge in [0.15, 0.2) is 0 Å². The third kappa shape index (κ3) is 6.71. The van der Waals surface area contributed by atoms with Crippen LogP contribution in [0.15, 0.2) is 140 Å². The van der Waals surface area contributed by atoms with Gasteiger partial charge in [0.05, 0.1) is 31.9 Å². The summed E-state index contributed by atoms with van der Waals surface area (Å²) < 4.78 is 19.9. The van der Waals surface area contributed by atoms with Gasteiger partial charge in [0.2, 0.25) is 5.88 Å². The monoisotopic (exact) mass is 688 g/mol. The molecule has 0 amide bonds. The van der Waals surface area contributed by atoms with E-state index in [0.717, 1.165) is 79.6 Å². The number of ether oxygens (including phenoxy) is 3. The second-order valence-corrected chi connectivity index (χ2v) is 13.0. The molecule has 0 radical (unpaired) electrons. The first kappa shape index (κ1) is 33.1. The lowest BCUT2D eigenvalue weighted by atomic mass is 9.98. The molecule has 52 heavy (non-hydrogen) atoms. The average Bonchev–Trinajstić information content (AvgIpc) is 3.48. The Balaban J connectivity index is 1.25. The molecule has 8 rings (SSSR count). The second kappa shape index (κ2) is 15.1. The van der Waals surface area contributed by atoms with E-state index in [1.165, 1.54) is 0 Å². The molecule has 6 aromatic carbocycles. The maximum atomic E-state index is 12.5. The first-order valence-corrected chi connectivity index (χ1v) is 17.9. The number of hydrogen-bond donors (Lipinski definition) is 1. The summed E-state index contributed by atoms with van der Waals surface area (Å²) in [5.74, 6) is 1.17. The van der Waals surface area contributed by atoms with Crippen molar-refractivity contribution in [3.63, 3.8) is 0 Å². The first-order chi connectivity index (χ1) is 25.7. The Kier molecular flexibility index (Phi) is 9.59. The van der Waals surface area contributed by atoms with E-state index in [0.29, 0.717) is 45.1 Å². The molecule has 0 spiro atoms. The molecule has 1 saturated heterocycles. The summed E-state index contributed by atoms with van der Waals surface area (Å²) in [5.41, 5.74) is 8.25. The van der Waals surface area contributed by atoms with Crippen LogP contribution in [0.25, 0.3) is 43.9 Å². The van der Waals surface area contributed by atoms with Gasteiger partial charge in [-0.2, -0.15) is 0 Å². The second-order valence-electron chi connectivity index (χ2n) is 13.0. The Hall–Kier alpha value is -6.05. The number of benzene rings is 6. The zero-order chi connectivity index (χ0) is 35.3. The number of aromatic nitrogens is 1. The number of morpholine rings is 1. The molecule has 1 aliphatic heterocycles. The van der Waals surface area contributed by atoms with Crippen LogP contribution in [0.4, 0.5) is 10.5 Å². The van der Waals surface area contributed by atoms with E-state index in [4.69, 9.17) is 14.2 Å². The lowest BCUT2D eigenvalue weighted by Gasteiger charge is -2.31. The highest BCUT2D eigenvalue weighted by molar-refractivity contribution is 6.01. The molecule has 1 aromatic heterocycles. The quantitative estimate of drug-likeness (QED) is 0.108. The standard InChI is InChI=1S/C45H40N2O5/c48-45(49)52-44-40(23-12-28-51-42-25-10-17-33-15-4-7-19-36(33)42)39-22-11-21-38(37-20-8-9-24-41(37)46-26-29-50-30-27-46)43(39)47(44)31-34-16-5-6-18-35(34)32-13-2-1-3-14-32/h1-11,13-22,24-25H,12,23,26-31H2,(H,48,49). The maximum absolute atomic E-state index is 12.5. The van der Waals surface area contributed by atoms with Crippen LogP contribution in [-0.2, 0) is 17.7 Å². The number of hydrogen-bond acceptors (Lipinski definition) is 5. The summed E-state index contributed by atoms with van der Waals surface area (Å²) in [6.07, 6.45) is -0.122. The number of rotatable bonds is 11. The van der Waals surface area contributed by atoms with Crippen LogP contribution in [0.3, 0.4) is 0 Å². The normalized spacial score (nSPS) is 13.0. The molecule has 0 saturated carbocycles. The van der Waals surface area contributed by atoms with Gasteiger partial charge in [0.1, 0.15) is 5.75 Å². The fourth-order valence-corrected chi connectivity index (χ4v) is 7.53. The molecule has 1 aliphatic rings. The zero-order valence-electron chi connectivity index (χ0n) is 28.9. The van der Waals surface area contributed by atoms with Gasteiger partial charge in [-0.25, -0.2) is 4.79 Å². The first-order valence-electron chi connectivity index (χ1n) is 17.9. The third-order valence-corrected chi connectivity index (χ3v) is 9.87. The Morgan fingerprint density at radius 2 is 1.37 bits per heavy atom. The fraction of sp³-hybridized carbons (Fsp3) is 0.178. The van der Waals surface area contributed by atoms with Gasteiger partial charge in [0, 0.05) is 46.2 Å². The molecule has 0 bridgehead atoms. The van der Waals surface area contributed by atoms with Gasteiger partial charge >= 0.3 is 6.16 Å². The van der Waals surface area contributed by atoms with E-state index in [2.05, 4.69) is 94.4 Å². The van der Waals surface area contributed by atoms with Crippen LogP contribution >= 0.6 is 0 Å². The number of carboxylic acid groups (broad SMARTS) is 1.